The number of hydrogen-bond donors (Lipinski definition) is 3. The highest BCUT2D eigenvalue weighted by molar-refractivity contribution is 5.79. The van der Waals surface area contributed by atoms with Crippen molar-refractivity contribution < 1.29 is 14.7 Å². The highest BCUT2D eigenvalue weighted by Crippen LogP contribution is 2.44. The number of rotatable bonds is 9. The molecule has 35 heavy (non-hydrogen) atoms. The van der Waals surface area contributed by atoms with Crippen molar-refractivity contribution in [2.24, 2.45) is 29.1 Å². The number of carboxylic acids is 1. The Labute approximate surface area is 209 Å². The number of carbonyl (C=O) groups excluding carboxylic acids is 1. The van der Waals surface area contributed by atoms with E-state index in [1.165, 1.54) is 11.1 Å². The van der Waals surface area contributed by atoms with Gasteiger partial charge in [0.05, 0.1) is 17.5 Å². The second-order valence-corrected chi connectivity index (χ2v) is 11.5. The number of carboxylic acid groups (broad SMARTS) is 1. The first-order chi connectivity index (χ1) is 16.7. The van der Waals surface area contributed by atoms with Crippen LogP contribution >= 0.6 is 0 Å². The third-order valence-corrected chi connectivity index (χ3v) is 8.55. The molecule has 1 amide bonds. The van der Waals surface area contributed by atoms with Crippen LogP contribution in [0.4, 0.5) is 0 Å². The summed E-state index contributed by atoms with van der Waals surface area (Å²) in [6.45, 7) is 9.48. The van der Waals surface area contributed by atoms with Crippen LogP contribution in [0.2, 0.25) is 0 Å². The van der Waals surface area contributed by atoms with Crippen molar-refractivity contribution in [2.75, 3.05) is 6.54 Å². The number of fused-ring (bicyclic) bond motifs is 1. The van der Waals surface area contributed by atoms with Gasteiger partial charge in [-0.25, -0.2) is 4.98 Å². The van der Waals surface area contributed by atoms with Crippen LogP contribution in [-0.2, 0) is 16.0 Å². The van der Waals surface area contributed by atoms with Crippen LogP contribution in [0.5, 0.6) is 0 Å². The van der Waals surface area contributed by atoms with Gasteiger partial charge in [0.2, 0.25) is 5.91 Å². The average Bonchev–Trinajstić information content (AvgIpc) is 3.40. The Morgan fingerprint density at radius 2 is 1.94 bits per heavy atom. The van der Waals surface area contributed by atoms with E-state index < -0.39 is 5.97 Å². The highest BCUT2D eigenvalue weighted by atomic mass is 16.4. The fourth-order valence-electron chi connectivity index (χ4n) is 6.56. The minimum Gasteiger partial charge on any atom is -0.481 e. The van der Waals surface area contributed by atoms with Crippen LogP contribution in [0.15, 0.2) is 29.8 Å². The molecule has 0 spiro atoms. The number of benzene rings is 1. The topological polar surface area (TPSA) is 95.1 Å². The maximum atomic E-state index is 12.9. The summed E-state index contributed by atoms with van der Waals surface area (Å²) in [4.78, 5) is 32.6. The van der Waals surface area contributed by atoms with Gasteiger partial charge in [-0.3, -0.25) is 9.59 Å². The van der Waals surface area contributed by atoms with Gasteiger partial charge in [0, 0.05) is 19.4 Å². The number of para-hydroxylation sites is 1. The van der Waals surface area contributed by atoms with E-state index in [2.05, 4.69) is 62.3 Å². The van der Waals surface area contributed by atoms with Gasteiger partial charge < -0.3 is 15.4 Å². The molecule has 1 aromatic heterocycles. The molecule has 2 aliphatic carbocycles. The van der Waals surface area contributed by atoms with Gasteiger partial charge in [0.25, 0.3) is 0 Å². The lowest BCUT2D eigenvalue weighted by Gasteiger charge is -2.37. The van der Waals surface area contributed by atoms with E-state index in [4.69, 9.17) is 4.98 Å². The van der Waals surface area contributed by atoms with Gasteiger partial charge in [-0.15, -0.1) is 0 Å². The first-order valence-electron chi connectivity index (χ1n) is 13.3. The van der Waals surface area contributed by atoms with Gasteiger partial charge in [0.15, 0.2) is 0 Å². The van der Waals surface area contributed by atoms with E-state index in [1.54, 1.807) is 0 Å². The molecule has 1 saturated carbocycles. The monoisotopic (exact) mass is 479 g/mol. The molecule has 4 rings (SSSR count). The minimum absolute atomic E-state index is 0.00137. The molecule has 1 fully saturated rings. The van der Waals surface area contributed by atoms with E-state index in [-0.39, 0.29) is 17.7 Å². The lowest BCUT2D eigenvalue weighted by Crippen LogP contribution is -2.39. The Hall–Kier alpha value is -2.63. The number of hydrogen-bond acceptors (Lipinski definition) is 3. The van der Waals surface area contributed by atoms with E-state index in [0.29, 0.717) is 36.6 Å². The Bertz CT molecular complexity index is 1090. The normalized spacial score (nSPS) is 24.0. The van der Waals surface area contributed by atoms with Crippen molar-refractivity contribution in [3.05, 3.63) is 41.2 Å². The van der Waals surface area contributed by atoms with Crippen LogP contribution in [0.1, 0.15) is 77.1 Å². The number of aliphatic carboxylic acids is 1. The molecule has 6 heteroatoms. The number of carbonyl (C=O) groups is 2. The van der Waals surface area contributed by atoms with Crippen LogP contribution in [-0.4, -0.2) is 33.5 Å². The second kappa shape index (κ2) is 10.5. The van der Waals surface area contributed by atoms with Crippen molar-refractivity contribution in [3.8, 4) is 0 Å². The maximum Gasteiger partial charge on any atom is 0.303 e. The van der Waals surface area contributed by atoms with E-state index in [0.717, 1.165) is 55.4 Å². The number of aromatic amines is 1. The number of imidazole rings is 1. The molecule has 3 N–H and O–H groups in total. The number of nitrogens with zero attached hydrogens (tertiary/aromatic N) is 1. The predicted octanol–water partition coefficient (Wildman–Crippen LogP) is 5.81. The first kappa shape index (κ1) is 25.5. The summed E-state index contributed by atoms with van der Waals surface area (Å²) in [5, 5.41) is 12.5. The largest absolute Gasteiger partial charge is 0.481 e. The van der Waals surface area contributed by atoms with E-state index in [9.17, 15) is 14.7 Å². The molecule has 0 radical (unpaired) electrons. The average molecular weight is 480 g/mol. The number of allylic oxidation sites excluding steroid dienone is 1. The van der Waals surface area contributed by atoms with Crippen LogP contribution in [0, 0.1) is 36.0 Å². The molecule has 1 aromatic carbocycles. The number of aryl methyl sites for hydroxylation is 1. The van der Waals surface area contributed by atoms with Gasteiger partial charge in [-0.05, 0) is 73.8 Å². The molecule has 2 aromatic rings. The van der Waals surface area contributed by atoms with Crippen molar-refractivity contribution >= 4 is 22.9 Å². The summed E-state index contributed by atoms with van der Waals surface area (Å²) in [6.07, 6.45) is 8.50. The third-order valence-electron chi connectivity index (χ3n) is 8.55. The molecular formula is C29H41N3O3. The summed E-state index contributed by atoms with van der Waals surface area (Å²) in [5.41, 5.74) is 4.36. The van der Waals surface area contributed by atoms with E-state index >= 15 is 0 Å². The fourth-order valence-corrected chi connectivity index (χ4v) is 6.56. The molecule has 0 aliphatic heterocycles. The second-order valence-electron chi connectivity index (χ2n) is 11.5. The molecule has 2 aliphatic rings. The van der Waals surface area contributed by atoms with Gasteiger partial charge >= 0.3 is 5.97 Å². The van der Waals surface area contributed by atoms with Crippen molar-refractivity contribution in [1.82, 2.24) is 15.3 Å². The van der Waals surface area contributed by atoms with Crippen LogP contribution < -0.4 is 5.32 Å². The molecule has 6 nitrogen and oxygen atoms in total. The summed E-state index contributed by atoms with van der Waals surface area (Å²) >= 11 is 0. The molecular weight excluding hydrogens is 438 g/mol. The Morgan fingerprint density at radius 3 is 2.60 bits per heavy atom. The quantitative estimate of drug-likeness (QED) is 0.396. The summed E-state index contributed by atoms with van der Waals surface area (Å²) < 4.78 is 0. The summed E-state index contributed by atoms with van der Waals surface area (Å²) in [6, 6.07) is 6.25. The fraction of sp³-hybridized carbons (Fsp3) is 0.621. The van der Waals surface area contributed by atoms with Crippen molar-refractivity contribution in [2.45, 2.75) is 79.1 Å². The maximum absolute atomic E-state index is 12.9. The first-order valence-corrected chi connectivity index (χ1v) is 13.3. The Morgan fingerprint density at radius 1 is 1.20 bits per heavy atom. The zero-order chi connectivity index (χ0) is 25.2. The predicted molar refractivity (Wildman–Crippen MR) is 139 cm³/mol. The molecule has 0 bridgehead atoms. The Balaban J connectivity index is 1.41. The number of amides is 1. The van der Waals surface area contributed by atoms with Crippen LogP contribution in [0.25, 0.3) is 11.0 Å². The number of H-pyrrole nitrogens is 1. The van der Waals surface area contributed by atoms with Crippen molar-refractivity contribution in [1.29, 1.82) is 0 Å². The Kier molecular flexibility index (Phi) is 7.67. The molecule has 3 atom stereocenters. The zero-order valence-corrected chi connectivity index (χ0v) is 21.7. The number of aromatic nitrogens is 2. The zero-order valence-electron chi connectivity index (χ0n) is 21.7. The van der Waals surface area contributed by atoms with Gasteiger partial charge in [-0.1, -0.05) is 50.5 Å². The SMILES string of the molecule is CC1=CC(CNC(=O)CC2(CC(=O)O)CCCC2)C(C(C)C)CC1Cc1nc2c(C)cccc2[nH]1. The number of nitrogens with one attached hydrogen (secondary N) is 2. The van der Waals surface area contributed by atoms with Gasteiger partial charge in [-0.2, -0.15) is 0 Å². The lowest BCUT2D eigenvalue weighted by molar-refractivity contribution is -0.140. The van der Waals surface area contributed by atoms with Gasteiger partial charge in [0.1, 0.15) is 5.82 Å². The molecule has 3 unspecified atom stereocenters. The molecule has 0 saturated heterocycles. The summed E-state index contributed by atoms with van der Waals surface area (Å²) in [5.74, 6) is 1.98. The third kappa shape index (κ3) is 5.96. The highest BCUT2D eigenvalue weighted by Gasteiger charge is 2.38. The van der Waals surface area contributed by atoms with E-state index in [1.807, 2.05) is 0 Å². The summed E-state index contributed by atoms with van der Waals surface area (Å²) in [7, 11) is 0. The lowest BCUT2D eigenvalue weighted by atomic mass is 9.69. The smallest absolute Gasteiger partial charge is 0.303 e. The molecule has 1 heterocycles. The standard InChI is InChI=1S/C29H41N3O3/c1-18(2)23-13-21(14-25-31-24-9-7-8-19(3)28(24)32-25)20(4)12-22(23)17-30-26(33)15-29(16-27(34)35)10-5-6-11-29/h7-9,12,18,21-23H,5-6,10-11,13-17H2,1-4H3,(H,30,33)(H,31,32)(H,34,35). The van der Waals surface area contributed by atoms with Crippen LogP contribution in [0.3, 0.4) is 0 Å². The molecule has 190 valence electrons. The van der Waals surface area contributed by atoms with Crippen molar-refractivity contribution in [3.63, 3.8) is 0 Å². The minimum atomic E-state index is -0.795.